The number of methoxy groups -OCH3 is 3. The number of aromatic hydroxyl groups is 1. The summed E-state index contributed by atoms with van der Waals surface area (Å²) in [4.78, 5) is 61.0. The Bertz CT molecular complexity index is 2680. The number of phenols is 1. The van der Waals surface area contributed by atoms with E-state index in [9.17, 15) is 14.7 Å². The van der Waals surface area contributed by atoms with Crippen molar-refractivity contribution in [2.75, 3.05) is 31.7 Å². The lowest BCUT2D eigenvalue weighted by Crippen LogP contribution is -2.53. The number of carbonyl (C=O) groups is 4. The summed E-state index contributed by atoms with van der Waals surface area (Å²) in [7, 11) is 4.61. The lowest BCUT2D eigenvalue weighted by atomic mass is 9.49. The fourth-order valence-corrected chi connectivity index (χ4v) is 10.4. The average Bonchev–Trinajstić information content (AvgIpc) is 3.67. The molecule has 2 heterocycles. The number of hydrogen-bond donors (Lipinski definition) is 2. The maximum absolute atomic E-state index is 15.5. The van der Waals surface area contributed by atoms with Crippen molar-refractivity contribution < 1.29 is 38.5 Å². The van der Waals surface area contributed by atoms with Gasteiger partial charge in [0.15, 0.2) is 11.5 Å². The second-order valence-electron chi connectivity index (χ2n) is 16.2. The molecular formula is C50H44ClN3O8. The summed E-state index contributed by atoms with van der Waals surface area (Å²) in [5, 5.41) is 12.0. The highest BCUT2D eigenvalue weighted by Crippen LogP contribution is 2.64. The maximum atomic E-state index is 15.5. The smallest absolute Gasteiger partial charge is 0.260 e. The third-order valence-corrected chi connectivity index (χ3v) is 13.3. The molecule has 2 aliphatic heterocycles. The van der Waals surface area contributed by atoms with Crippen molar-refractivity contribution in [1.29, 1.82) is 0 Å². The minimum Gasteiger partial charge on any atom is -0.503 e. The molecule has 0 radical (unpaired) electrons. The Kier molecular flexibility index (Phi) is 10.4. The van der Waals surface area contributed by atoms with Gasteiger partial charge in [-0.1, -0.05) is 95.6 Å². The molecule has 1 saturated carbocycles. The van der Waals surface area contributed by atoms with E-state index < -0.39 is 46.8 Å². The average molecular weight is 850 g/mol. The van der Waals surface area contributed by atoms with Gasteiger partial charge in [-0.05, 0) is 97.0 Å². The molecule has 6 unspecified atom stereocenters. The van der Waals surface area contributed by atoms with Crippen LogP contribution in [0.5, 0.6) is 23.0 Å². The van der Waals surface area contributed by atoms with E-state index in [0.717, 1.165) is 27.3 Å². The van der Waals surface area contributed by atoms with Crippen LogP contribution < -0.4 is 24.5 Å². The number of rotatable bonds is 10. The molecule has 9 rings (SSSR count). The van der Waals surface area contributed by atoms with E-state index >= 15 is 9.59 Å². The van der Waals surface area contributed by atoms with Crippen molar-refractivity contribution in [3.63, 3.8) is 0 Å². The summed E-state index contributed by atoms with van der Waals surface area (Å²) in [6.07, 6.45) is 6.16. The van der Waals surface area contributed by atoms with Gasteiger partial charge < -0.3 is 19.3 Å². The van der Waals surface area contributed by atoms with Crippen LogP contribution in [0.2, 0.25) is 5.02 Å². The Morgan fingerprint density at radius 3 is 2.19 bits per heavy atom. The van der Waals surface area contributed by atoms with Gasteiger partial charge in [-0.2, -0.15) is 5.01 Å². The number of anilines is 2. The van der Waals surface area contributed by atoms with Gasteiger partial charge in [0, 0.05) is 11.5 Å². The Morgan fingerprint density at radius 1 is 0.774 bits per heavy atom. The van der Waals surface area contributed by atoms with Crippen LogP contribution in [0.1, 0.15) is 46.6 Å². The molecule has 0 aromatic heterocycles. The lowest BCUT2D eigenvalue weighted by Gasteiger charge is -2.50. The van der Waals surface area contributed by atoms with E-state index in [1.165, 1.54) is 12.0 Å². The van der Waals surface area contributed by atoms with Gasteiger partial charge in [0.1, 0.15) is 11.5 Å². The molecule has 2 aliphatic carbocycles. The number of benzene rings is 5. The van der Waals surface area contributed by atoms with Gasteiger partial charge in [0.2, 0.25) is 11.8 Å². The summed E-state index contributed by atoms with van der Waals surface area (Å²) in [6.45, 7) is 1.95. The fourth-order valence-electron chi connectivity index (χ4n) is 10.2. The van der Waals surface area contributed by atoms with Crippen molar-refractivity contribution in [3.8, 4) is 23.0 Å². The minimum absolute atomic E-state index is 0.00106. The van der Waals surface area contributed by atoms with Gasteiger partial charge in [0.25, 0.3) is 11.8 Å². The van der Waals surface area contributed by atoms with Gasteiger partial charge in [-0.3, -0.25) is 29.5 Å². The molecule has 4 aliphatic rings. The van der Waals surface area contributed by atoms with Gasteiger partial charge in [-0.25, -0.2) is 0 Å². The zero-order valence-corrected chi connectivity index (χ0v) is 35.3. The van der Waals surface area contributed by atoms with E-state index in [4.69, 9.17) is 25.8 Å². The molecule has 2 saturated heterocycles. The highest BCUT2D eigenvalue weighted by Gasteiger charge is 2.70. The molecule has 11 nitrogen and oxygen atoms in total. The Labute approximate surface area is 364 Å². The van der Waals surface area contributed by atoms with Crippen molar-refractivity contribution in [3.05, 3.63) is 154 Å². The topological polar surface area (TPSA) is 135 Å². The number of nitrogens with one attached hydrogen (secondary N) is 1. The zero-order valence-electron chi connectivity index (χ0n) is 34.5. The number of ether oxygens (including phenoxy) is 3. The first-order valence-electron chi connectivity index (χ1n) is 20.4. The molecule has 12 heteroatoms. The predicted octanol–water partition coefficient (Wildman–Crippen LogP) is 8.74. The maximum Gasteiger partial charge on any atom is 0.260 e. The number of allylic oxidation sites excluding steroid dienone is 2. The van der Waals surface area contributed by atoms with E-state index in [2.05, 4.69) is 5.43 Å². The molecule has 0 bridgehead atoms. The highest BCUT2D eigenvalue weighted by atomic mass is 35.5. The number of amides is 4. The van der Waals surface area contributed by atoms with E-state index in [1.54, 1.807) is 50.6 Å². The number of fused-ring (bicyclic) bond motifs is 4. The zero-order chi connectivity index (χ0) is 43.4. The number of halogens is 1. The SMILES string of the molecule is COc1ccc(OC)c(C=Cc2ccc(N3C(=O)C4CC=C5C(CC6C(=O)N(Nc7ccc(C)cc7)C(=O)C6(c6ccccc6)C5c5cc(Cl)c(O)c(OC)c5)C4C3=O)cc2)c1. The molecule has 5 aromatic carbocycles. The number of aryl methyl sites for hydroxylation is 1. The van der Waals surface area contributed by atoms with Crippen LogP contribution in [0.4, 0.5) is 11.4 Å². The minimum atomic E-state index is -1.51. The molecule has 3 fully saturated rings. The number of hydrogen-bond acceptors (Lipinski definition) is 9. The third kappa shape index (κ3) is 6.41. The normalized spacial score (nSPS) is 24.1. The number of hydrazine groups is 1. The quantitative estimate of drug-likeness (QED) is 0.0804. The summed E-state index contributed by atoms with van der Waals surface area (Å²) in [5.74, 6) is -4.32. The van der Waals surface area contributed by atoms with E-state index in [0.29, 0.717) is 34.0 Å². The van der Waals surface area contributed by atoms with Crippen LogP contribution in [0.25, 0.3) is 12.2 Å². The standard InChI is InChI=1S/C50H44ClN3O8/c1-28-10-16-33(17-11-28)52-54-47(57)39-27-38-36(44(31-25-40(51)45(55)42(26-31)62-4)50(39,49(54)59)32-8-6-5-7-9-32)21-22-37-43(38)48(58)53(46(37)56)34-18-13-29(14-19-34)12-15-30-24-35(60-2)20-23-41(30)61-3/h5-21,23-26,37-39,43-44,52,55H,22,27H2,1-4H3. The van der Waals surface area contributed by atoms with Crippen LogP contribution in [0.15, 0.2) is 121 Å². The number of imide groups is 2. The number of phenolic OH excluding ortho intramolecular Hbond substituents is 1. The van der Waals surface area contributed by atoms with Crippen LogP contribution >= 0.6 is 11.6 Å². The summed E-state index contributed by atoms with van der Waals surface area (Å²) in [5.41, 5.74) is 7.15. The number of nitrogens with zero attached hydrogens (tertiary/aromatic N) is 2. The molecule has 4 amide bonds. The van der Waals surface area contributed by atoms with Crippen LogP contribution in [0.3, 0.4) is 0 Å². The van der Waals surface area contributed by atoms with Crippen molar-refractivity contribution in [2.24, 2.45) is 23.7 Å². The molecule has 62 heavy (non-hydrogen) atoms. The monoisotopic (exact) mass is 849 g/mol. The first-order chi connectivity index (χ1) is 30.0. The first kappa shape index (κ1) is 40.6. The second-order valence-corrected chi connectivity index (χ2v) is 16.6. The van der Waals surface area contributed by atoms with E-state index in [1.807, 2.05) is 97.9 Å². The van der Waals surface area contributed by atoms with Crippen molar-refractivity contribution in [1.82, 2.24) is 5.01 Å². The lowest BCUT2D eigenvalue weighted by molar-refractivity contribution is -0.138. The fraction of sp³-hybridized carbons (Fsp3) is 0.240. The Balaban J connectivity index is 1.12. The highest BCUT2D eigenvalue weighted by molar-refractivity contribution is 6.32. The number of carbonyl (C=O) groups excluding carboxylic acids is 4. The predicted molar refractivity (Wildman–Crippen MR) is 236 cm³/mol. The second kappa shape index (κ2) is 15.9. The third-order valence-electron chi connectivity index (χ3n) is 13.0. The molecule has 6 atom stereocenters. The van der Waals surface area contributed by atoms with Crippen LogP contribution in [-0.2, 0) is 24.6 Å². The van der Waals surface area contributed by atoms with Crippen molar-refractivity contribution in [2.45, 2.75) is 31.1 Å². The Morgan fingerprint density at radius 2 is 1.50 bits per heavy atom. The van der Waals surface area contributed by atoms with Gasteiger partial charge in [0.05, 0.1) is 60.9 Å². The molecule has 5 aromatic rings. The molecule has 2 N–H and O–H groups in total. The largest absolute Gasteiger partial charge is 0.503 e. The summed E-state index contributed by atoms with van der Waals surface area (Å²) >= 11 is 6.70. The first-order valence-corrected chi connectivity index (χ1v) is 20.8. The molecular weight excluding hydrogens is 806 g/mol. The van der Waals surface area contributed by atoms with Gasteiger partial charge in [-0.15, -0.1) is 0 Å². The molecule has 314 valence electrons. The summed E-state index contributed by atoms with van der Waals surface area (Å²) < 4.78 is 16.5. The molecule has 0 spiro atoms. The van der Waals surface area contributed by atoms with Crippen LogP contribution in [0, 0.1) is 30.6 Å². The van der Waals surface area contributed by atoms with Crippen molar-refractivity contribution >= 4 is 58.8 Å². The van der Waals surface area contributed by atoms with E-state index in [-0.39, 0.29) is 41.2 Å². The van der Waals surface area contributed by atoms with Gasteiger partial charge >= 0.3 is 0 Å². The Hall–Kier alpha value is -6.85. The van der Waals surface area contributed by atoms with Crippen LogP contribution in [-0.4, -0.2) is 55.1 Å². The summed E-state index contributed by atoms with van der Waals surface area (Å²) in [6, 6.07) is 32.6.